The Morgan fingerprint density at radius 3 is 2.66 bits per heavy atom. The zero-order chi connectivity index (χ0) is 24.0. The van der Waals surface area contributed by atoms with Gasteiger partial charge in [0.15, 0.2) is 17.1 Å². The summed E-state index contributed by atoms with van der Waals surface area (Å²) in [6, 6.07) is 15.8. The summed E-state index contributed by atoms with van der Waals surface area (Å²) in [5.41, 5.74) is 2.80. The second kappa shape index (κ2) is 10.5. The molecule has 1 N–H and O–H groups in total. The predicted octanol–water partition coefficient (Wildman–Crippen LogP) is 3.35. The van der Waals surface area contributed by atoms with Crippen LogP contribution in [0.15, 0.2) is 60.9 Å². The summed E-state index contributed by atoms with van der Waals surface area (Å²) in [6.07, 6.45) is 4.32. The third-order valence-electron chi connectivity index (χ3n) is 6.04. The fraction of sp³-hybridized carbons (Fsp3) is 0.308. The molecule has 0 amide bonds. The van der Waals surface area contributed by atoms with E-state index in [9.17, 15) is 0 Å². The highest BCUT2D eigenvalue weighted by Gasteiger charge is 2.25. The SMILES string of the molecule is COc1ccc(-c2cnc3nc(N4CCNCC4CCOc4ccccc4)ncc3n2)cc1OC. The van der Waals surface area contributed by atoms with Crippen LogP contribution in [0.1, 0.15) is 6.42 Å². The second-order valence-corrected chi connectivity index (χ2v) is 8.21. The predicted molar refractivity (Wildman–Crippen MR) is 134 cm³/mol. The molecular weight excluding hydrogens is 444 g/mol. The summed E-state index contributed by atoms with van der Waals surface area (Å²) in [4.78, 5) is 20.9. The first-order valence-corrected chi connectivity index (χ1v) is 11.6. The van der Waals surface area contributed by atoms with Gasteiger partial charge in [-0.2, -0.15) is 4.98 Å². The molecule has 0 spiro atoms. The Bertz CT molecular complexity index is 1290. The molecule has 4 aromatic rings. The van der Waals surface area contributed by atoms with Crippen LogP contribution in [-0.2, 0) is 0 Å². The fourth-order valence-electron chi connectivity index (χ4n) is 4.20. The number of rotatable bonds is 8. The first-order chi connectivity index (χ1) is 17.2. The maximum atomic E-state index is 5.92. The van der Waals surface area contributed by atoms with Crippen molar-refractivity contribution in [3.63, 3.8) is 0 Å². The Labute approximate surface area is 204 Å². The van der Waals surface area contributed by atoms with Crippen LogP contribution in [0.2, 0.25) is 0 Å². The fourth-order valence-corrected chi connectivity index (χ4v) is 4.20. The largest absolute Gasteiger partial charge is 0.494 e. The molecule has 2 aromatic heterocycles. The van der Waals surface area contributed by atoms with E-state index in [1.165, 1.54) is 0 Å². The maximum Gasteiger partial charge on any atom is 0.227 e. The van der Waals surface area contributed by atoms with Gasteiger partial charge in [0, 0.05) is 37.7 Å². The van der Waals surface area contributed by atoms with Crippen LogP contribution in [0, 0.1) is 0 Å². The van der Waals surface area contributed by atoms with Gasteiger partial charge in [-0.25, -0.2) is 15.0 Å². The van der Waals surface area contributed by atoms with Gasteiger partial charge in [0.1, 0.15) is 11.3 Å². The van der Waals surface area contributed by atoms with Crippen LogP contribution >= 0.6 is 0 Å². The molecule has 1 saturated heterocycles. The van der Waals surface area contributed by atoms with Gasteiger partial charge in [0.05, 0.1) is 38.9 Å². The van der Waals surface area contributed by atoms with Crippen molar-refractivity contribution in [1.82, 2.24) is 25.3 Å². The van der Waals surface area contributed by atoms with Crippen molar-refractivity contribution in [3.05, 3.63) is 60.9 Å². The Kier molecular flexibility index (Phi) is 6.85. The average molecular weight is 473 g/mol. The van der Waals surface area contributed by atoms with E-state index >= 15 is 0 Å². The lowest BCUT2D eigenvalue weighted by atomic mass is 10.1. The van der Waals surface area contributed by atoms with Gasteiger partial charge in [-0.3, -0.25) is 0 Å². The minimum atomic E-state index is 0.226. The van der Waals surface area contributed by atoms with E-state index in [-0.39, 0.29) is 6.04 Å². The Balaban J connectivity index is 1.33. The van der Waals surface area contributed by atoms with Gasteiger partial charge >= 0.3 is 0 Å². The van der Waals surface area contributed by atoms with E-state index in [1.807, 2.05) is 48.5 Å². The number of anilines is 1. The van der Waals surface area contributed by atoms with E-state index in [1.54, 1.807) is 26.6 Å². The summed E-state index contributed by atoms with van der Waals surface area (Å²) in [6.45, 7) is 3.17. The van der Waals surface area contributed by atoms with Crippen molar-refractivity contribution in [2.24, 2.45) is 0 Å². The number of fused-ring (bicyclic) bond motifs is 1. The lowest BCUT2D eigenvalue weighted by molar-refractivity contribution is 0.285. The molecule has 0 bridgehead atoms. The monoisotopic (exact) mass is 472 g/mol. The van der Waals surface area contributed by atoms with Gasteiger partial charge in [-0.1, -0.05) is 18.2 Å². The highest BCUT2D eigenvalue weighted by atomic mass is 16.5. The molecule has 1 unspecified atom stereocenters. The Hall–Kier alpha value is -3.98. The van der Waals surface area contributed by atoms with E-state index in [0.717, 1.165) is 37.4 Å². The lowest BCUT2D eigenvalue weighted by Gasteiger charge is -2.36. The van der Waals surface area contributed by atoms with Crippen molar-refractivity contribution in [3.8, 4) is 28.5 Å². The molecule has 35 heavy (non-hydrogen) atoms. The molecular formula is C26H28N6O3. The van der Waals surface area contributed by atoms with Crippen LogP contribution in [0.25, 0.3) is 22.4 Å². The lowest BCUT2D eigenvalue weighted by Crippen LogP contribution is -2.52. The highest BCUT2D eigenvalue weighted by molar-refractivity contribution is 5.74. The number of ether oxygens (including phenoxy) is 3. The molecule has 5 rings (SSSR count). The summed E-state index contributed by atoms with van der Waals surface area (Å²) in [7, 11) is 3.22. The van der Waals surface area contributed by atoms with Gasteiger partial charge in [0.25, 0.3) is 0 Å². The van der Waals surface area contributed by atoms with Gasteiger partial charge in [0.2, 0.25) is 5.95 Å². The molecule has 0 aliphatic carbocycles. The molecule has 1 aliphatic heterocycles. The summed E-state index contributed by atoms with van der Waals surface area (Å²) in [5, 5.41) is 3.46. The number of hydrogen-bond acceptors (Lipinski definition) is 9. The topological polar surface area (TPSA) is 94.5 Å². The standard InChI is InChI=1S/C26H28N6O3/c1-33-23-9-8-18(14-24(23)34-2)21-16-28-25-22(30-21)17-29-26(31-25)32-12-11-27-15-19(32)10-13-35-20-6-4-3-5-7-20/h3-9,14,16-17,19,27H,10-13,15H2,1-2H3. The molecule has 180 valence electrons. The summed E-state index contributed by atoms with van der Waals surface area (Å²) in [5.74, 6) is 2.85. The zero-order valence-corrected chi connectivity index (χ0v) is 19.8. The Morgan fingerprint density at radius 2 is 1.83 bits per heavy atom. The maximum absolute atomic E-state index is 5.92. The minimum absolute atomic E-state index is 0.226. The molecule has 9 nitrogen and oxygen atoms in total. The molecule has 9 heteroatoms. The molecule has 3 heterocycles. The van der Waals surface area contributed by atoms with Crippen molar-refractivity contribution < 1.29 is 14.2 Å². The third-order valence-corrected chi connectivity index (χ3v) is 6.04. The number of hydrogen-bond donors (Lipinski definition) is 1. The van der Waals surface area contributed by atoms with E-state index in [0.29, 0.717) is 40.9 Å². The van der Waals surface area contributed by atoms with Crippen LogP contribution in [0.3, 0.4) is 0 Å². The van der Waals surface area contributed by atoms with Crippen molar-refractivity contribution in [2.45, 2.75) is 12.5 Å². The van der Waals surface area contributed by atoms with Gasteiger partial charge in [-0.05, 0) is 30.3 Å². The number of para-hydroxylation sites is 1. The normalized spacial score (nSPS) is 15.7. The number of piperazine rings is 1. The number of nitrogens with one attached hydrogen (secondary N) is 1. The van der Waals surface area contributed by atoms with E-state index in [4.69, 9.17) is 24.2 Å². The highest BCUT2D eigenvalue weighted by Crippen LogP contribution is 2.31. The van der Waals surface area contributed by atoms with Crippen molar-refractivity contribution in [1.29, 1.82) is 0 Å². The molecule has 2 aromatic carbocycles. The van der Waals surface area contributed by atoms with Crippen LogP contribution < -0.4 is 24.4 Å². The van der Waals surface area contributed by atoms with Gasteiger partial charge < -0.3 is 24.4 Å². The van der Waals surface area contributed by atoms with E-state index < -0.39 is 0 Å². The van der Waals surface area contributed by atoms with Crippen molar-refractivity contribution in [2.75, 3.05) is 45.4 Å². The quantitative estimate of drug-likeness (QED) is 0.414. The minimum Gasteiger partial charge on any atom is -0.494 e. The molecule has 1 fully saturated rings. The number of methoxy groups -OCH3 is 2. The first-order valence-electron chi connectivity index (χ1n) is 11.6. The van der Waals surface area contributed by atoms with Crippen LogP contribution in [0.5, 0.6) is 17.2 Å². The Morgan fingerprint density at radius 1 is 0.971 bits per heavy atom. The number of benzene rings is 2. The first kappa shape index (κ1) is 22.8. The summed E-state index contributed by atoms with van der Waals surface area (Å²) >= 11 is 0. The molecule has 0 saturated carbocycles. The van der Waals surface area contributed by atoms with Gasteiger partial charge in [-0.15, -0.1) is 0 Å². The smallest absolute Gasteiger partial charge is 0.227 e. The van der Waals surface area contributed by atoms with E-state index in [2.05, 4.69) is 20.2 Å². The molecule has 1 aliphatic rings. The van der Waals surface area contributed by atoms with Crippen LogP contribution in [0.4, 0.5) is 5.95 Å². The zero-order valence-electron chi connectivity index (χ0n) is 19.8. The average Bonchev–Trinajstić information content (AvgIpc) is 2.93. The number of aromatic nitrogens is 4. The number of nitrogens with zero attached hydrogens (tertiary/aromatic N) is 5. The molecule has 1 atom stereocenters. The second-order valence-electron chi connectivity index (χ2n) is 8.21. The van der Waals surface area contributed by atoms with Crippen LogP contribution in [-0.4, -0.2) is 66.4 Å². The summed E-state index contributed by atoms with van der Waals surface area (Å²) < 4.78 is 16.7. The van der Waals surface area contributed by atoms with Crippen molar-refractivity contribution >= 4 is 17.1 Å². The third kappa shape index (κ3) is 5.09. The molecule has 0 radical (unpaired) electrons.